The van der Waals surface area contributed by atoms with Gasteiger partial charge >= 0.3 is 0 Å². The van der Waals surface area contributed by atoms with E-state index in [9.17, 15) is 0 Å². The number of pyridine rings is 1. The normalized spacial score (nSPS) is 26.2. The minimum atomic E-state index is 0.358. The van der Waals surface area contributed by atoms with Gasteiger partial charge in [0.2, 0.25) is 0 Å². The molecule has 2 unspecified atom stereocenters. The van der Waals surface area contributed by atoms with E-state index < -0.39 is 0 Å². The Kier molecular flexibility index (Phi) is 4.37. The molecular formula is C17H27N3. The Morgan fingerprint density at radius 3 is 2.80 bits per heavy atom. The summed E-state index contributed by atoms with van der Waals surface area (Å²) >= 11 is 0. The third-order valence-electron chi connectivity index (χ3n) is 5.35. The van der Waals surface area contributed by atoms with E-state index in [0.717, 1.165) is 12.0 Å². The SMILES string of the molecule is Cc1ccncc1C(CN)N1CCCC1C1CCCC1. The largest absolute Gasteiger partial charge is 0.329 e. The number of aromatic nitrogens is 1. The molecule has 1 aliphatic heterocycles. The average molecular weight is 273 g/mol. The summed E-state index contributed by atoms with van der Waals surface area (Å²) in [6.07, 6.45) is 12.3. The van der Waals surface area contributed by atoms with Crippen LogP contribution in [0.1, 0.15) is 55.7 Å². The minimum Gasteiger partial charge on any atom is -0.329 e. The molecule has 2 N–H and O–H groups in total. The zero-order chi connectivity index (χ0) is 13.9. The highest BCUT2D eigenvalue weighted by atomic mass is 15.2. The van der Waals surface area contributed by atoms with Crippen molar-refractivity contribution in [3.05, 3.63) is 29.6 Å². The topological polar surface area (TPSA) is 42.1 Å². The highest BCUT2D eigenvalue weighted by Crippen LogP contribution is 2.39. The number of likely N-dealkylation sites (tertiary alicyclic amines) is 1. The quantitative estimate of drug-likeness (QED) is 0.917. The molecule has 2 fully saturated rings. The van der Waals surface area contributed by atoms with Gasteiger partial charge in [0.1, 0.15) is 0 Å². The summed E-state index contributed by atoms with van der Waals surface area (Å²) in [4.78, 5) is 7.02. The molecule has 0 aromatic carbocycles. The number of hydrogen-bond donors (Lipinski definition) is 1. The van der Waals surface area contributed by atoms with E-state index in [1.165, 1.54) is 56.2 Å². The molecule has 0 bridgehead atoms. The van der Waals surface area contributed by atoms with Gasteiger partial charge in [0.25, 0.3) is 0 Å². The van der Waals surface area contributed by atoms with Crippen molar-refractivity contribution in [3.63, 3.8) is 0 Å². The summed E-state index contributed by atoms with van der Waals surface area (Å²) in [5.41, 5.74) is 8.80. The van der Waals surface area contributed by atoms with Crippen LogP contribution in [0.3, 0.4) is 0 Å². The van der Waals surface area contributed by atoms with Crippen LogP contribution in [0.25, 0.3) is 0 Å². The predicted molar refractivity (Wildman–Crippen MR) is 82.5 cm³/mol. The highest BCUT2D eigenvalue weighted by molar-refractivity contribution is 5.26. The van der Waals surface area contributed by atoms with Gasteiger partial charge in [-0.3, -0.25) is 9.88 Å². The van der Waals surface area contributed by atoms with Gasteiger partial charge in [-0.25, -0.2) is 0 Å². The van der Waals surface area contributed by atoms with Crippen molar-refractivity contribution >= 4 is 0 Å². The highest BCUT2D eigenvalue weighted by Gasteiger charge is 2.37. The Morgan fingerprint density at radius 1 is 1.30 bits per heavy atom. The second-order valence-electron chi connectivity index (χ2n) is 6.48. The van der Waals surface area contributed by atoms with Gasteiger partial charge in [-0.1, -0.05) is 12.8 Å². The number of hydrogen-bond acceptors (Lipinski definition) is 3. The van der Waals surface area contributed by atoms with Gasteiger partial charge < -0.3 is 5.73 Å². The minimum absolute atomic E-state index is 0.358. The first-order valence-electron chi connectivity index (χ1n) is 8.17. The lowest BCUT2D eigenvalue weighted by Gasteiger charge is -2.36. The molecule has 3 nitrogen and oxygen atoms in total. The Bertz CT molecular complexity index is 440. The summed E-state index contributed by atoms with van der Waals surface area (Å²) in [6.45, 7) is 4.09. The van der Waals surface area contributed by atoms with E-state index in [0.29, 0.717) is 12.6 Å². The van der Waals surface area contributed by atoms with Crippen LogP contribution in [0.5, 0.6) is 0 Å². The zero-order valence-corrected chi connectivity index (χ0v) is 12.6. The second kappa shape index (κ2) is 6.23. The molecule has 0 radical (unpaired) electrons. The Hall–Kier alpha value is -0.930. The van der Waals surface area contributed by atoms with Crippen LogP contribution >= 0.6 is 0 Å². The van der Waals surface area contributed by atoms with Gasteiger partial charge in [-0.2, -0.15) is 0 Å². The van der Waals surface area contributed by atoms with Gasteiger partial charge in [-0.05, 0) is 62.3 Å². The summed E-state index contributed by atoms with van der Waals surface area (Å²) in [7, 11) is 0. The molecule has 20 heavy (non-hydrogen) atoms. The molecule has 1 saturated carbocycles. The van der Waals surface area contributed by atoms with Gasteiger partial charge in [0.15, 0.2) is 0 Å². The van der Waals surface area contributed by atoms with Crippen molar-refractivity contribution < 1.29 is 0 Å². The first kappa shape index (κ1) is 14.0. The fourth-order valence-corrected chi connectivity index (χ4v) is 4.32. The van der Waals surface area contributed by atoms with Crippen LogP contribution in [-0.2, 0) is 0 Å². The lowest BCUT2D eigenvalue weighted by molar-refractivity contribution is 0.137. The average Bonchev–Trinajstić information content (AvgIpc) is 3.11. The summed E-state index contributed by atoms with van der Waals surface area (Å²) in [6, 6.07) is 3.22. The lowest BCUT2D eigenvalue weighted by atomic mass is 9.93. The number of nitrogens with zero attached hydrogens (tertiary/aromatic N) is 2. The smallest absolute Gasteiger partial charge is 0.0491 e. The van der Waals surface area contributed by atoms with Crippen LogP contribution in [-0.4, -0.2) is 29.0 Å². The summed E-state index contributed by atoms with van der Waals surface area (Å²) in [5, 5.41) is 0. The van der Waals surface area contributed by atoms with Crippen LogP contribution < -0.4 is 5.73 Å². The zero-order valence-electron chi connectivity index (χ0n) is 12.6. The van der Waals surface area contributed by atoms with E-state index in [-0.39, 0.29) is 0 Å². The first-order valence-corrected chi connectivity index (χ1v) is 8.17. The third-order valence-corrected chi connectivity index (χ3v) is 5.35. The number of nitrogens with two attached hydrogens (primary N) is 1. The summed E-state index contributed by atoms with van der Waals surface area (Å²) in [5.74, 6) is 0.906. The van der Waals surface area contributed by atoms with E-state index in [2.05, 4.69) is 22.9 Å². The van der Waals surface area contributed by atoms with E-state index in [1.807, 2.05) is 12.4 Å². The molecule has 3 rings (SSSR count). The molecule has 1 aromatic heterocycles. The van der Waals surface area contributed by atoms with Crippen LogP contribution in [0, 0.1) is 12.8 Å². The number of rotatable bonds is 4. The molecule has 3 heteroatoms. The fourth-order valence-electron chi connectivity index (χ4n) is 4.32. The first-order chi connectivity index (χ1) is 9.81. The standard InChI is InChI=1S/C17H27N3/c1-13-8-9-19-12-15(13)17(11-18)20-10-4-7-16(20)14-5-2-3-6-14/h8-9,12,14,16-17H,2-7,10-11,18H2,1H3. The molecule has 2 atom stereocenters. The van der Waals surface area contributed by atoms with E-state index in [1.54, 1.807) is 0 Å². The van der Waals surface area contributed by atoms with Crippen molar-refractivity contribution in [1.29, 1.82) is 0 Å². The van der Waals surface area contributed by atoms with E-state index >= 15 is 0 Å². The molecular weight excluding hydrogens is 246 g/mol. The molecule has 2 heterocycles. The number of aryl methyl sites for hydroxylation is 1. The Morgan fingerprint density at radius 2 is 2.10 bits per heavy atom. The molecule has 110 valence electrons. The molecule has 1 aromatic rings. The summed E-state index contributed by atoms with van der Waals surface area (Å²) < 4.78 is 0. The van der Waals surface area contributed by atoms with Crippen LogP contribution in [0.15, 0.2) is 18.5 Å². The van der Waals surface area contributed by atoms with Crippen molar-refractivity contribution in [2.24, 2.45) is 11.7 Å². The molecule has 0 spiro atoms. The van der Waals surface area contributed by atoms with Crippen molar-refractivity contribution in [3.8, 4) is 0 Å². The van der Waals surface area contributed by atoms with Crippen LogP contribution in [0.2, 0.25) is 0 Å². The molecule has 1 aliphatic carbocycles. The van der Waals surface area contributed by atoms with Crippen molar-refractivity contribution in [2.75, 3.05) is 13.1 Å². The van der Waals surface area contributed by atoms with Crippen molar-refractivity contribution in [2.45, 2.75) is 57.5 Å². The third kappa shape index (κ3) is 2.61. The van der Waals surface area contributed by atoms with E-state index in [4.69, 9.17) is 5.73 Å². The van der Waals surface area contributed by atoms with Crippen LogP contribution in [0.4, 0.5) is 0 Å². The van der Waals surface area contributed by atoms with Gasteiger partial charge in [0, 0.05) is 31.0 Å². The monoisotopic (exact) mass is 273 g/mol. The molecule has 2 aliphatic rings. The van der Waals surface area contributed by atoms with Gasteiger partial charge in [-0.15, -0.1) is 0 Å². The molecule has 1 saturated heterocycles. The maximum atomic E-state index is 6.14. The maximum absolute atomic E-state index is 6.14. The predicted octanol–water partition coefficient (Wildman–Crippen LogP) is 3.04. The Labute approximate surface area is 122 Å². The van der Waals surface area contributed by atoms with Gasteiger partial charge in [0.05, 0.1) is 0 Å². The molecule has 0 amide bonds. The lowest BCUT2D eigenvalue weighted by Crippen LogP contribution is -2.41. The second-order valence-corrected chi connectivity index (χ2v) is 6.48. The maximum Gasteiger partial charge on any atom is 0.0491 e. The van der Waals surface area contributed by atoms with Crippen molar-refractivity contribution in [1.82, 2.24) is 9.88 Å². The fraction of sp³-hybridized carbons (Fsp3) is 0.706. The Balaban J connectivity index is 1.82.